The van der Waals surface area contributed by atoms with Crippen LogP contribution in [0.5, 0.6) is 5.75 Å². The van der Waals surface area contributed by atoms with E-state index in [2.05, 4.69) is 30.8 Å². The summed E-state index contributed by atoms with van der Waals surface area (Å²) in [6.07, 6.45) is 1.21. The number of hydrogen-bond donors (Lipinski definition) is 3. The van der Waals surface area contributed by atoms with E-state index in [0.717, 1.165) is 0 Å². The topological polar surface area (TPSA) is 95.1 Å². The van der Waals surface area contributed by atoms with E-state index in [-0.39, 0.29) is 16.3 Å². The molecular weight excluding hydrogens is 322 g/mol. The zero-order valence-corrected chi connectivity index (χ0v) is 11.7. The van der Waals surface area contributed by atoms with Crippen molar-refractivity contribution in [3.8, 4) is 5.75 Å². The molecule has 1 heterocycles. The highest BCUT2D eigenvalue weighted by molar-refractivity contribution is 9.10. The van der Waals surface area contributed by atoms with Gasteiger partial charge in [-0.15, -0.1) is 0 Å². The first-order valence-electron chi connectivity index (χ1n) is 4.91. The summed E-state index contributed by atoms with van der Waals surface area (Å²) in [5.41, 5.74) is 0.530. The van der Waals surface area contributed by atoms with Crippen molar-refractivity contribution in [3.63, 3.8) is 0 Å². The summed E-state index contributed by atoms with van der Waals surface area (Å²) in [5, 5.41) is 15.8. The summed E-state index contributed by atoms with van der Waals surface area (Å²) in [5.74, 6) is -0.150. The van der Waals surface area contributed by atoms with Crippen LogP contribution in [0.25, 0.3) is 0 Å². The number of halogens is 1. The summed E-state index contributed by atoms with van der Waals surface area (Å²) in [7, 11) is -3.76. The Balaban J connectivity index is 2.40. The normalized spacial score (nSPS) is 11.4. The van der Waals surface area contributed by atoms with Crippen molar-refractivity contribution in [2.24, 2.45) is 0 Å². The summed E-state index contributed by atoms with van der Waals surface area (Å²) < 4.78 is 27.1. The van der Waals surface area contributed by atoms with E-state index < -0.39 is 10.0 Å². The average Bonchev–Trinajstić information content (AvgIpc) is 2.70. The number of phenols is 1. The van der Waals surface area contributed by atoms with E-state index in [0.29, 0.717) is 10.2 Å². The number of nitrogens with zero attached hydrogens (tertiary/aromatic N) is 1. The van der Waals surface area contributed by atoms with Crippen LogP contribution >= 0.6 is 15.9 Å². The Morgan fingerprint density at radius 1 is 1.44 bits per heavy atom. The molecule has 0 saturated heterocycles. The van der Waals surface area contributed by atoms with Gasteiger partial charge in [-0.2, -0.15) is 5.10 Å². The second kappa shape index (κ2) is 4.62. The molecule has 0 amide bonds. The van der Waals surface area contributed by atoms with Gasteiger partial charge < -0.3 is 5.11 Å². The molecule has 3 N–H and O–H groups in total. The summed E-state index contributed by atoms with van der Waals surface area (Å²) in [6, 6.07) is 4.47. The summed E-state index contributed by atoms with van der Waals surface area (Å²) in [6.45, 7) is 1.60. The molecular formula is C10H10BrN3O3S. The van der Waals surface area contributed by atoms with Crippen LogP contribution in [0.3, 0.4) is 0 Å². The Morgan fingerprint density at radius 2 is 2.17 bits per heavy atom. The van der Waals surface area contributed by atoms with Crippen molar-refractivity contribution < 1.29 is 13.5 Å². The van der Waals surface area contributed by atoms with Gasteiger partial charge in [0.25, 0.3) is 10.0 Å². The average molecular weight is 332 g/mol. The van der Waals surface area contributed by atoms with Crippen LogP contribution in [-0.2, 0) is 10.0 Å². The van der Waals surface area contributed by atoms with Gasteiger partial charge in [0.2, 0.25) is 0 Å². The van der Waals surface area contributed by atoms with E-state index in [1.54, 1.807) is 13.0 Å². The maximum atomic E-state index is 12.0. The molecule has 0 aliphatic carbocycles. The van der Waals surface area contributed by atoms with Crippen molar-refractivity contribution >= 4 is 31.6 Å². The Hall–Kier alpha value is -1.54. The lowest BCUT2D eigenvalue weighted by atomic mass is 10.3. The number of aromatic nitrogens is 2. The van der Waals surface area contributed by atoms with Crippen LogP contribution in [0.1, 0.15) is 5.69 Å². The number of H-pyrrole nitrogens is 1. The van der Waals surface area contributed by atoms with Crippen LogP contribution in [0.4, 0.5) is 5.69 Å². The maximum absolute atomic E-state index is 12.0. The first-order chi connectivity index (χ1) is 8.40. The molecule has 8 heteroatoms. The molecule has 0 radical (unpaired) electrons. The molecule has 0 aliphatic heterocycles. The minimum Gasteiger partial charge on any atom is -0.506 e. The zero-order chi connectivity index (χ0) is 13.3. The van der Waals surface area contributed by atoms with Crippen LogP contribution in [0.15, 0.2) is 33.8 Å². The van der Waals surface area contributed by atoms with Crippen molar-refractivity contribution in [3.05, 3.63) is 34.6 Å². The SMILES string of the molecule is Cc1[nH]ncc1S(=O)(=O)Nc1cc(Br)ccc1O. The maximum Gasteiger partial charge on any atom is 0.265 e. The molecule has 96 valence electrons. The standard InChI is InChI=1S/C10H10BrN3O3S/c1-6-10(5-12-13-6)18(16,17)14-8-4-7(11)2-3-9(8)15/h2-5,14-15H,1H3,(H,12,13). The summed E-state index contributed by atoms with van der Waals surface area (Å²) in [4.78, 5) is 0.0434. The van der Waals surface area contributed by atoms with Crippen LogP contribution in [0, 0.1) is 6.92 Å². The highest BCUT2D eigenvalue weighted by Gasteiger charge is 2.20. The van der Waals surface area contributed by atoms with Gasteiger partial charge in [-0.25, -0.2) is 8.42 Å². The van der Waals surface area contributed by atoms with E-state index in [1.165, 1.54) is 18.3 Å². The molecule has 0 bridgehead atoms. The van der Waals surface area contributed by atoms with Gasteiger partial charge in [-0.05, 0) is 25.1 Å². The van der Waals surface area contributed by atoms with Crippen LogP contribution in [0.2, 0.25) is 0 Å². The smallest absolute Gasteiger partial charge is 0.265 e. The third kappa shape index (κ3) is 2.49. The molecule has 0 atom stereocenters. The number of nitrogens with one attached hydrogen (secondary N) is 2. The van der Waals surface area contributed by atoms with Gasteiger partial charge in [0.1, 0.15) is 10.6 Å². The number of aryl methyl sites for hydroxylation is 1. The van der Waals surface area contributed by atoms with E-state index in [4.69, 9.17) is 0 Å². The molecule has 2 rings (SSSR count). The van der Waals surface area contributed by atoms with Crippen molar-refractivity contribution in [1.29, 1.82) is 0 Å². The second-order valence-electron chi connectivity index (χ2n) is 3.63. The van der Waals surface area contributed by atoms with Crippen LogP contribution < -0.4 is 4.72 Å². The molecule has 0 fully saturated rings. The molecule has 0 aliphatic rings. The number of sulfonamides is 1. The van der Waals surface area contributed by atoms with Gasteiger partial charge >= 0.3 is 0 Å². The lowest BCUT2D eigenvalue weighted by Gasteiger charge is -2.09. The van der Waals surface area contributed by atoms with Gasteiger partial charge in [-0.1, -0.05) is 15.9 Å². The quantitative estimate of drug-likeness (QED) is 0.749. The Morgan fingerprint density at radius 3 is 2.78 bits per heavy atom. The Labute approximate surface area is 112 Å². The minimum atomic E-state index is -3.76. The third-order valence-electron chi connectivity index (χ3n) is 2.28. The fourth-order valence-electron chi connectivity index (χ4n) is 1.40. The highest BCUT2D eigenvalue weighted by Crippen LogP contribution is 2.29. The number of benzene rings is 1. The minimum absolute atomic E-state index is 0.0434. The molecule has 1 aromatic carbocycles. The van der Waals surface area contributed by atoms with Gasteiger partial charge in [0.05, 0.1) is 17.6 Å². The lowest BCUT2D eigenvalue weighted by molar-refractivity contribution is 0.477. The molecule has 2 aromatic rings. The monoisotopic (exact) mass is 331 g/mol. The number of anilines is 1. The molecule has 0 unspecified atom stereocenters. The van der Waals surface area contributed by atoms with Crippen molar-refractivity contribution in [2.45, 2.75) is 11.8 Å². The fraction of sp³-hybridized carbons (Fsp3) is 0.100. The van der Waals surface area contributed by atoms with E-state index in [9.17, 15) is 13.5 Å². The molecule has 0 spiro atoms. The van der Waals surface area contributed by atoms with E-state index >= 15 is 0 Å². The number of phenolic OH excluding ortho intramolecular Hbond substituents is 1. The molecule has 0 saturated carbocycles. The lowest BCUT2D eigenvalue weighted by Crippen LogP contribution is -2.13. The fourth-order valence-corrected chi connectivity index (χ4v) is 2.96. The number of aromatic amines is 1. The van der Waals surface area contributed by atoms with E-state index in [1.807, 2.05) is 0 Å². The number of rotatable bonds is 3. The largest absolute Gasteiger partial charge is 0.506 e. The molecule has 1 aromatic heterocycles. The number of hydrogen-bond acceptors (Lipinski definition) is 4. The van der Waals surface area contributed by atoms with Crippen LogP contribution in [-0.4, -0.2) is 23.7 Å². The third-order valence-corrected chi connectivity index (χ3v) is 4.25. The first-order valence-corrected chi connectivity index (χ1v) is 7.19. The zero-order valence-electron chi connectivity index (χ0n) is 9.31. The van der Waals surface area contributed by atoms with Crippen molar-refractivity contribution in [1.82, 2.24) is 10.2 Å². The van der Waals surface area contributed by atoms with Crippen molar-refractivity contribution in [2.75, 3.05) is 4.72 Å². The van der Waals surface area contributed by atoms with Gasteiger partial charge in [-0.3, -0.25) is 9.82 Å². The second-order valence-corrected chi connectivity index (χ2v) is 6.19. The predicted octanol–water partition coefficient (Wildman–Crippen LogP) is 1.99. The molecule has 6 nitrogen and oxygen atoms in total. The Kier molecular flexibility index (Phi) is 3.31. The molecule has 18 heavy (non-hydrogen) atoms. The number of aromatic hydroxyl groups is 1. The predicted molar refractivity (Wildman–Crippen MR) is 69.9 cm³/mol. The van der Waals surface area contributed by atoms with Gasteiger partial charge in [0, 0.05) is 4.47 Å². The van der Waals surface area contributed by atoms with Gasteiger partial charge in [0.15, 0.2) is 0 Å². The summed E-state index contributed by atoms with van der Waals surface area (Å²) >= 11 is 3.20. The highest BCUT2D eigenvalue weighted by atomic mass is 79.9. The Bertz CT molecular complexity index is 681. The first kappa shape index (κ1) is 12.9.